The molecule has 110 valence electrons. The molecule has 2 rings (SSSR count). The highest BCUT2D eigenvalue weighted by Gasteiger charge is 2.14. The number of aryl methyl sites for hydroxylation is 1. The molecule has 0 aliphatic heterocycles. The first-order valence-corrected chi connectivity index (χ1v) is 8.13. The van der Waals surface area contributed by atoms with Crippen molar-refractivity contribution in [2.75, 3.05) is 18.1 Å². The average molecular weight is 301 g/mol. The molecule has 0 spiro atoms. The Morgan fingerprint density at radius 2 is 1.90 bits per heavy atom. The molecule has 0 amide bonds. The Hall–Kier alpha value is -1.94. The molecule has 21 heavy (non-hydrogen) atoms. The van der Waals surface area contributed by atoms with Gasteiger partial charge in [0.2, 0.25) is 0 Å². The van der Waals surface area contributed by atoms with Crippen LogP contribution in [-0.4, -0.2) is 23.9 Å². The van der Waals surface area contributed by atoms with E-state index in [-0.39, 0.29) is 0 Å². The predicted octanol–water partition coefficient (Wildman–Crippen LogP) is 4.15. The molecule has 2 N–H and O–H groups in total. The first-order chi connectivity index (χ1) is 10.2. The normalized spacial score (nSPS) is 10.3. The Bertz CT molecular complexity index is 599. The van der Waals surface area contributed by atoms with Crippen LogP contribution in [0.1, 0.15) is 22.3 Å². The highest BCUT2D eigenvalue weighted by molar-refractivity contribution is 7.98. The smallest absolute Gasteiger partial charge is 0.338 e. The van der Waals surface area contributed by atoms with Crippen LogP contribution in [0, 0.1) is 0 Å². The van der Waals surface area contributed by atoms with E-state index in [9.17, 15) is 9.90 Å². The van der Waals surface area contributed by atoms with Crippen LogP contribution in [0.3, 0.4) is 0 Å². The van der Waals surface area contributed by atoms with E-state index in [1.807, 2.05) is 42.7 Å². The van der Waals surface area contributed by atoms with Crippen LogP contribution in [-0.2, 0) is 6.42 Å². The lowest BCUT2D eigenvalue weighted by Crippen LogP contribution is -2.09. The van der Waals surface area contributed by atoms with Gasteiger partial charge in [0.1, 0.15) is 0 Å². The first-order valence-electron chi connectivity index (χ1n) is 6.90. The van der Waals surface area contributed by atoms with E-state index in [1.54, 1.807) is 0 Å². The molecule has 3 nitrogen and oxygen atoms in total. The number of rotatable bonds is 7. The van der Waals surface area contributed by atoms with Crippen LogP contribution in [0.25, 0.3) is 0 Å². The van der Waals surface area contributed by atoms with Crippen molar-refractivity contribution in [2.24, 2.45) is 0 Å². The number of hydrogen-bond donors (Lipinski definition) is 2. The third kappa shape index (κ3) is 4.26. The summed E-state index contributed by atoms with van der Waals surface area (Å²) in [7, 11) is 0. The number of carbonyl (C=O) groups is 1. The lowest BCUT2D eigenvalue weighted by molar-refractivity contribution is 0.0694. The standard InChI is InChI=1S/C17H19NO2S/c1-21-15-11-5-10-14(16(15)17(19)20)18-12-6-9-13-7-3-2-4-8-13/h2-5,7-8,10-11,18H,6,9,12H2,1H3,(H,19,20). The van der Waals surface area contributed by atoms with E-state index >= 15 is 0 Å². The molecule has 0 heterocycles. The maximum absolute atomic E-state index is 11.4. The van der Waals surface area contributed by atoms with Crippen LogP contribution in [0.2, 0.25) is 0 Å². The van der Waals surface area contributed by atoms with Gasteiger partial charge in [-0.3, -0.25) is 0 Å². The Morgan fingerprint density at radius 1 is 1.14 bits per heavy atom. The molecule has 2 aromatic carbocycles. The van der Waals surface area contributed by atoms with E-state index in [2.05, 4.69) is 17.4 Å². The van der Waals surface area contributed by atoms with Gasteiger partial charge in [-0.05, 0) is 36.8 Å². The van der Waals surface area contributed by atoms with Crippen molar-refractivity contribution in [2.45, 2.75) is 17.7 Å². The molecule has 0 radical (unpaired) electrons. The van der Waals surface area contributed by atoms with Crippen LogP contribution >= 0.6 is 11.8 Å². The maximum atomic E-state index is 11.4. The van der Waals surface area contributed by atoms with Crippen molar-refractivity contribution in [1.82, 2.24) is 0 Å². The van der Waals surface area contributed by atoms with Gasteiger partial charge in [0.25, 0.3) is 0 Å². The highest BCUT2D eigenvalue weighted by atomic mass is 32.2. The van der Waals surface area contributed by atoms with Gasteiger partial charge in [-0.15, -0.1) is 11.8 Å². The van der Waals surface area contributed by atoms with Crippen LogP contribution in [0.15, 0.2) is 53.4 Å². The van der Waals surface area contributed by atoms with E-state index < -0.39 is 5.97 Å². The predicted molar refractivity (Wildman–Crippen MR) is 88.4 cm³/mol. The number of hydrogen-bond acceptors (Lipinski definition) is 3. The maximum Gasteiger partial charge on any atom is 0.338 e. The molecular formula is C17H19NO2S. The van der Waals surface area contributed by atoms with Gasteiger partial charge in [0, 0.05) is 17.1 Å². The molecule has 0 bridgehead atoms. The number of nitrogens with one attached hydrogen (secondary N) is 1. The number of benzene rings is 2. The first kappa shape index (κ1) is 15.4. The Labute approximate surface area is 129 Å². The fourth-order valence-electron chi connectivity index (χ4n) is 2.23. The van der Waals surface area contributed by atoms with Crippen LogP contribution in [0.4, 0.5) is 5.69 Å². The zero-order valence-electron chi connectivity index (χ0n) is 12.0. The Kier molecular flexibility index (Phi) is 5.69. The van der Waals surface area contributed by atoms with E-state index in [4.69, 9.17) is 0 Å². The van der Waals surface area contributed by atoms with Gasteiger partial charge in [-0.1, -0.05) is 36.4 Å². The number of anilines is 1. The topological polar surface area (TPSA) is 49.3 Å². The van der Waals surface area contributed by atoms with Crippen molar-refractivity contribution >= 4 is 23.4 Å². The molecule has 2 aromatic rings. The molecule has 0 atom stereocenters. The van der Waals surface area contributed by atoms with Crippen molar-refractivity contribution < 1.29 is 9.90 Å². The summed E-state index contributed by atoms with van der Waals surface area (Å²) in [6.07, 6.45) is 3.84. The fourth-order valence-corrected chi connectivity index (χ4v) is 2.85. The number of carboxylic acid groups (broad SMARTS) is 1. The third-order valence-corrected chi connectivity index (χ3v) is 4.04. The van der Waals surface area contributed by atoms with Crippen LogP contribution < -0.4 is 5.32 Å². The minimum atomic E-state index is -0.884. The fraction of sp³-hybridized carbons (Fsp3) is 0.235. The lowest BCUT2D eigenvalue weighted by Gasteiger charge is -2.12. The summed E-state index contributed by atoms with van der Waals surface area (Å²) in [5.41, 5.74) is 2.36. The largest absolute Gasteiger partial charge is 0.478 e. The Morgan fingerprint density at radius 3 is 2.57 bits per heavy atom. The minimum absolute atomic E-state index is 0.365. The summed E-state index contributed by atoms with van der Waals surface area (Å²) < 4.78 is 0. The minimum Gasteiger partial charge on any atom is -0.478 e. The molecule has 0 saturated heterocycles. The van der Waals surface area contributed by atoms with Gasteiger partial charge in [0.15, 0.2) is 0 Å². The number of thioether (sulfide) groups is 1. The third-order valence-electron chi connectivity index (χ3n) is 3.26. The molecule has 0 saturated carbocycles. The number of carboxylic acids is 1. The second-order valence-electron chi connectivity index (χ2n) is 4.70. The van der Waals surface area contributed by atoms with Crippen molar-refractivity contribution in [1.29, 1.82) is 0 Å². The lowest BCUT2D eigenvalue weighted by atomic mass is 10.1. The second kappa shape index (κ2) is 7.74. The summed E-state index contributed by atoms with van der Waals surface area (Å²) in [6.45, 7) is 0.757. The van der Waals surface area contributed by atoms with Gasteiger partial charge < -0.3 is 10.4 Å². The highest BCUT2D eigenvalue weighted by Crippen LogP contribution is 2.27. The second-order valence-corrected chi connectivity index (χ2v) is 5.55. The molecule has 4 heteroatoms. The van der Waals surface area contributed by atoms with Gasteiger partial charge in [0.05, 0.1) is 5.56 Å². The zero-order valence-corrected chi connectivity index (χ0v) is 12.8. The van der Waals surface area contributed by atoms with E-state index in [1.165, 1.54) is 17.3 Å². The Balaban J connectivity index is 1.95. The van der Waals surface area contributed by atoms with Gasteiger partial charge >= 0.3 is 5.97 Å². The zero-order chi connectivity index (χ0) is 15.1. The van der Waals surface area contributed by atoms with Crippen LogP contribution in [0.5, 0.6) is 0 Å². The monoisotopic (exact) mass is 301 g/mol. The molecular weight excluding hydrogens is 282 g/mol. The van der Waals surface area contributed by atoms with Crippen molar-refractivity contribution in [3.63, 3.8) is 0 Å². The molecule has 0 aromatic heterocycles. The molecule has 0 fully saturated rings. The summed E-state index contributed by atoms with van der Waals surface area (Å²) in [4.78, 5) is 12.2. The summed E-state index contributed by atoms with van der Waals surface area (Å²) in [5.74, 6) is -0.884. The SMILES string of the molecule is CSc1cccc(NCCCc2ccccc2)c1C(=O)O. The van der Waals surface area contributed by atoms with Crippen molar-refractivity contribution in [3.05, 3.63) is 59.7 Å². The molecule has 0 aliphatic carbocycles. The van der Waals surface area contributed by atoms with Crippen molar-refractivity contribution in [3.8, 4) is 0 Å². The molecule has 0 aliphatic rings. The van der Waals surface area contributed by atoms with E-state index in [0.29, 0.717) is 11.3 Å². The summed E-state index contributed by atoms with van der Waals surface area (Å²) >= 11 is 1.45. The summed E-state index contributed by atoms with van der Waals surface area (Å²) in [5, 5.41) is 12.6. The quantitative estimate of drug-likeness (QED) is 0.596. The summed E-state index contributed by atoms with van der Waals surface area (Å²) in [6, 6.07) is 15.8. The van der Waals surface area contributed by atoms with Gasteiger partial charge in [-0.2, -0.15) is 0 Å². The van der Waals surface area contributed by atoms with E-state index in [0.717, 1.165) is 24.3 Å². The number of aromatic carboxylic acids is 1. The molecule has 0 unspecified atom stereocenters. The van der Waals surface area contributed by atoms with Gasteiger partial charge in [-0.25, -0.2) is 4.79 Å². The average Bonchev–Trinajstić information content (AvgIpc) is 2.52.